The molecular weight excluding hydrogens is 196 g/mol. The lowest BCUT2D eigenvalue weighted by atomic mass is 10.3. The molecule has 0 aliphatic heterocycles. The van der Waals surface area contributed by atoms with Crippen molar-refractivity contribution >= 4 is 5.97 Å². The average molecular weight is 212 g/mol. The first-order valence-electron chi connectivity index (χ1n) is 5.01. The van der Waals surface area contributed by atoms with E-state index in [2.05, 4.69) is 10.3 Å². The van der Waals surface area contributed by atoms with Crippen LogP contribution in [0.2, 0.25) is 0 Å². The predicted octanol–water partition coefficient (Wildman–Crippen LogP) is -0.267. The van der Waals surface area contributed by atoms with Gasteiger partial charge in [0.05, 0.1) is 24.9 Å². The molecule has 0 saturated carbocycles. The summed E-state index contributed by atoms with van der Waals surface area (Å²) in [6.45, 7) is 3.45. The molecule has 0 atom stereocenters. The van der Waals surface area contributed by atoms with E-state index in [0.29, 0.717) is 19.7 Å². The second kappa shape index (κ2) is 6.13. The van der Waals surface area contributed by atoms with Crippen molar-refractivity contribution in [3.8, 4) is 0 Å². The number of aromatic nitrogens is 3. The molecule has 0 bridgehead atoms. The van der Waals surface area contributed by atoms with Crippen LogP contribution in [0, 0.1) is 0 Å². The van der Waals surface area contributed by atoms with E-state index < -0.39 is 0 Å². The molecule has 0 radical (unpaired) electrons. The van der Waals surface area contributed by atoms with Crippen LogP contribution in [0.1, 0.15) is 19.0 Å². The molecule has 0 unspecified atom stereocenters. The van der Waals surface area contributed by atoms with Gasteiger partial charge in [-0.1, -0.05) is 5.21 Å². The number of nitrogens with two attached hydrogens (primary N) is 1. The molecular formula is C9H16N4O2. The van der Waals surface area contributed by atoms with E-state index >= 15 is 0 Å². The summed E-state index contributed by atoms with van der Waals surface area (Å²) in [5.74, 6) is -0.256. The fraction of sp³-hybridized carbons (Fsp3) is 0.667. The van der Waals surface area contributed by atoms with Gasteiger partial charge in [-0.05, 0) is 19.9 Å². The number of carbonyl (C=O) groups is 1. The SMILES string of the molecule is CCOC(=O)Cc1cnnn1CCCN. The van der Waals surface area contributed by atoms with Crippen molar-refractivity contribution in [2.45, 2.75) is 26.3 Å². The molecule has 0 aromatic carbocycles. The van der Waals surface area contributed by atoms with Crippen LogP contribution in [-0.2, 0) is 22.5 Å². The summed E-state index contributed by atoms with van der Waals surface area (Å²) in [6, 6.07) is 0. The van der Waals surface area contributed by atoms with Gasteiger partial charge in [0.15, 0.2) is 0 Å². The maximum absolute atomic E-state index is 11.2. The van der Waals surface area contributed by atoms with Gasteiger partial charge in [0, 0.05) is 6.54 Å². The van der Waals surface area contributed by atoms with Gasteiger partial charge in [-0.25, -0.2) is 4.68 Å². The largest absolute Gasteiger partial charge is 0.466 e. The van der Waals surface area contributed by atoms with Gasteiger partial charge in [-0.3, -0.25) is 4.79 Å². The Hall–Kier alpha value is -1.43. The van der Waals surface area contributed by atoms with E-state index in [1.807, 2.05) is 0 Å². The third-order valence-electron chi connectivity index (χ3n) is 1.90. The average Bonchev–Trinajstić information content (AvgIpc) is 2.63. The lowest BCUT2D eigenvalue weighted by Gasteiger charge is -2.04. The first-order chi connectivity index (χ1) is 7.27. The van der Waals surface area contributed by atoms with Crippen molar-refractivity contribution in [2.75, 3.05) is 13.2 Å². The quantitative estimate of drug-likeness (QED) is 0.656. The highest BCUT2D eigenvalue weighted by Crippen LogP contribution is 2.00. The molecule has 1 aromatic rings. The Balaban J connectivity index is 2.52. The van der Waals surface area contributed by atoms with Crippen LogP contribution in [0.4, 0.5) is 0 Å². The van der Waals surface area contributed by atoms with Crippen LogP contribution >= 0.6 is 0 Å². The van der Waals surface area contributed by atoms with E-state index in [1.54, 1.807) is 17.8 Å². The lowest BCUT2D eigenvalue weighted by Crippen LogP contribution is -2.14. The third kappa shape index (κ3) is 3.67. The minimum atomic E-state index is -0.256. The highest BCUT2D eigenvalue weighted by atomic mass is 16.5. The molecule has 15 heavy (non-hydrogen) atoms. The molecule has 84 valence electrons. The van der Waals surface area contributed by atoms with E-state index in [-0.39, 0.29) is 12.4 Å². The maximum Gasteiger partial charge on any atom is 0.311 e. The second-order valence-electron chi connectivity index (χ2n) is 3.07. The minimum absolute atomic E-state index is 0.214. The zero-order chi connectivity index (χ0) is 11.1. The summed E-state index contributed by atoms with van der Waals surface area (Å²) < 4.78 is 6.53. The maximum atomic E-state index is 11.2. The molecule has 0 spiro atoms. The first-order valence-corrected chi connectivity index (χ1v) is 5.01. The Morgan fingerprint density at radius 1 is 1.67 bits per heavy atom. The van der Waals surface area contributed by atoms with Crippen molar-refractivity contribution in [1.82, 2.24) is 15.0 Å². The lowest BCUT2D eigenvalue weighted by molar-refractivity contribution is -0.142. The summed E-state index contributed by atoms with van der Waals surface area (Å²) in [5.41, 5.74) is 6.16. The van der Waals surface area contributed by atoms with Gasteiger partial charge in [0.25, 0.3) is 0 Å². The highest BCUT2D eigenvalue weighted by molar-refractivity contribution is 5.71. The van der Waals surface area contributed by atoms with Crippen LogP contribution in [0.5, 0.6) is 0 Å². The molecule has 1 heterocycles. The van der Waals surface area contributed by atoms with Gasteiger partial charge < -0.3 is 10.5 Å². The fourth-order valence-corrected chi connectivity index (χ4v) is 1.21. The molecule has 1 rings (SSSR count). The Kier molecular flexibility index (Phi) is 4.76. The van der Waals surface area contributed by atoms with Crippen molar-refractivity contribution in [2.24, 2.45) is 5.73 Å². The third-order valence-corrected chi connectivity index (χ3v) is 1.90. The summed E-state index contributed by atoms with van der Waals surface area (Å²) in [4.78, 5) is 11.2. The number of aryl methyl sites for hydroxylation is 1. The Labute approximate surface area is 88.4 Å². The Morgan fingerprint density at radius 2 is 2.47 bits per heavy atom. The van der Waals surface area contributed by atoms with Crippen LogP contribution in [0.3, 0.4) is 0 Å². The number of ether oxygens (including phenoxy) is 1. The van der Waals surface area contributed by atoms with Crippen LogP contribution in [-0.4, -0.2) is 34.1 Å². The molecule has 1 aromatic heterocycles. The first kappa shape index (κ1) is 11.6. The fourth-order valence-electron chi connectivity index (χ4n) is 1.21. The summed E-state index contributed by atoms with van der Waals surface area (Å²) >= 11 is 0. The molecule has 6 nitrogen and oxygen atoms in total. The molecule has 0 fully saturated rings. The van der Waals surface area contributed by atoms with Crippen LogP contribution in [0.25, 0.3) is 0 Å². The predicted molar refractivity (Wildman–Crippen MR) is 54.0 cm³/mol. The zero-order valence-corrected chi connectivity index (χ0v) is 8.85. The van der Waals surface area contributed by atoms with Crippen molar-refractivity contribution < 1.29 is 9.53 Å². The van der Waals surface area contributed by atoms with Crippen LogP contribution in [0.15, 0.2) is 6.20 Å². The molecule has 2 N–H and O–H groups in total. The topological polar surface area (TPSA) is 83.0 Å². The number of nitrogens with zero attached hydrogens (tertiary/aromatic N) is 3. The van der Waals surface area contributed by atoms with Gasteiger partial charge >= 0.3 is 5.97 Å². The molecule has 0 aliphatic carbocycles. The molecule has 0 saturated heterocycles. The van der Waals surface area contributed by atoms with Crippen LogP contribution < -0.4 is 5.73 Å². The van der Waals surface area contributed by atoms with E-state index in [9.17, 15) is 4.79 Å². The monoisotopic (exact) mass is 212 g/mol. The number of hydrogen-bond acceptors (Lipinski definition) is 5. The van der Waals surface area contributed by atoms with Gasteiger partial charge in [-0.2, -0.15) is 0 Å². The van der Waals surface area contributed by atoms with Crippen molar-refractivity contribution in [1.29, 1.82) is 0 Å². The molecule has 6 heteroatoms. The number of carbonyl (C=O) groups excluding carboxylic acids is 1. The van der Waals surface area contributed by atoms with Gasteiger partial charge in [-0.15, -0.1) is 5.10 Å². The Bertz CT molecular complexity index is 311. The number of esters is 1. The van der Waals surface area contributed by atoms with Crippen molar-refractivity contribution in [3.63, 3.8) is 0 Å². The molecule has 0 amide bonds. The number of hydrogen-bond donors (Lipinski definition) is 1. The van der Waals surface area contributed by atoms with Gasteiger partial charge in [0.1, 0.15) is 0 Å². The normalized spacial score (nSPS) is 10.3. The summed E-state index contributed by atoms with van der Waals surface area (Å²) in [7, 11) is 0. The highest BCUT2D eigenvalue weighted by Gasteiger charge is 2.09. The van der Waals surface area contributed by atoms with Crippen molar-refractivity contribution in [3.05, 3.63) is 11.9 Å². The van der Waals surface area contributed by atoms with E-state index in [4.69, 9.17) is 10.5 Å². The zero-order valence-electron chi connectivity index (χ0n) is 8.85. The minimum Gasteiger partial charge on any atom is -0.466 e. The van der Waals surface area contributed by atoms with E-state index in [0.717, 1.165) is 12.1 Å². The molecule has 0 aliphatic rings. The van der Waals surface area contributed by atoms with E-state index in [1.165, 1.54) is 0 Å². The second-order valence-corrected chi connectivity index (χ2v) is 3.07. The van der Waals surface area contributed by atoms with Gasteiger partial charge in [0.2, 0.25) is 0 Å². The number of rotatable bonds is 6. The smallest absolute Gasteiger partial charge is 0.311 e. The summed E-state index contributed by atoms with van der Waals surface area (Å²) in [5, 5.41) is 7.62. The summed E-state index contributed by atoms with van der Waals surface area (Å²) in [6.07, 6.45) is 2.61. The Morgan fingerprint density at radius 3 is 3.13 bits per heavy atom. The standard InChI is InChI=1S/C9H16N4O2/c1-2-15-9(14)6-8-7-11-12-13(8)5-3-4-10/h7H,2-6,10H2,1H3.